The summed E-state index contributed by atoms with van der Waals surface area (Å²) in [6.07, 6.45) is 4.21. The van der Waals surface area contributed by atoms with Crippen LogP contribution in [0.25, 0.3) is 0 Å². The van der Waals surface area contributed by atoms with Crippen LogP contribution in [0.5, 0.6) is 0 Å². The fraction of sp³-hybridized carbons (Fsp3) is 0.434. The standard InChI is InChI=1S/C53H67BN4O10/c1-52(2)53(3,68-54(67-52)45-23-21-41(22-24-45)32-55-33-48(59)39-63-28-12-19-50(61)65-37-42-14-6-4-7-15-42)31-44-25-27-57-47(30-44)35-58(34-46-18-10-11-26-56-46)36-49(60)40-64-29-13-20-51(62)66-38-43-16-8-5-9-17-43/h4-11,14-18,21-27,30,48-49,55,59-60H,12-13,19-20,28-29,31-40H2,1-3H3. The Kier molecular flexibility index (Phi) is 20.7. The van der Waals surface area contributed by atoms with Crippen LogP contribution in [0.15, 0.2) is 128 Å². The Morgan fingerprint density at radius 2 is 1.26 bits per heavy atom. The van der Waals surface area contributed by atoms with Crippen molar-refractivity contribution >= 4 is 24.5 Å². The maximum absolute atomic E-state index is 12.2. The first-order chi connectivity index (χ1) is 32.9. The minimum Gasteiger partial charge on any atom is -0.461 e. The van der Waals surface area contributed by atoms with Gasteiger partial charge in [0.25, 0.3) is 0 Å². The SMILES string of the molecule is CC1(C)OB(c2ccc(CNCC(O)COCCCC(=O)OCc3ccccc3)cc2)OC1(C)Cc1ccnc(CN(Cc2ccccn2)CC(O)COCCCC(=O)OCc2ccccc2)c1. The monoisotopic (exact) mass is 930 g/mol. The molecule has 1 saturated heterocycles. The number of rotatable bonds is 29. The molecule has 1 aliphatic rings. The first-order valence-corrected chi connectivity index (χ1v) is 23.5. The van der Waals surface area contributed by atoms with Crippen LogP contribution >= 0.6 is 0 Å². The van der Waals surface area contributed by atoms with Crippen LogP contribution in [0.3, 0.4) is 0 Å². The van der Waals surface area contributed by atoms with Gasteiger partial charge in [-0.2, -0.15) is 0 Å². The number of benzene rings is 3. The summed E-state index contributed by atoms with van der Waals surface area (Å²) in [5, 5.41) is 24.8. The number of aliphatic hydroxyl groups is 2. The Bertz CT molecular complexity index is 2240. The highest BCUT2D eigenvalue weighted by Crippen LogP contribution is 2.39. The van der Waals surface area contributed by atoms with Gasteiger partial charge in [-0.1, -0.05) is 91.0 Å². The van der Waals surface area contributed by atoms with Crippen molar-refractivity contribution in [1.29, 1.82) is 0 Å². The van der Waals surface area contributed by atoms with E-state index in [1.165, 1.54) is 0 Å². The van der Waals surface area contributed by atoms with Gasteiger partial charge in [0.2, 0.25) is 0 Å². The first-order valence-electron chi connectivity index (χ1n) is 23.5. The number of hydrogen-bond acceptors (Lipinski definition) is 14. The molecule has 1 aliphatic heterocycles. The molecule has 1 fully saturated rings. The Balaban J connectivity index is 0.916. The van der Waals surface area contributed by atoms with Crippen LogP contribution in [-0.2, 0) is 77.1 Å². The molecule has 362 valence electrons. The van der Waals surface area contributed by atoms with Crippen LogP contribution < -0.4 is 10.8 Å². The van der Waals surface area contributed by atoms with Crippen molar-refractivity contribution in [2.75, 3.05) is 39.5 Å². The number of carbonyl (C=O) groups is 2. The van der Waals surface area contributed by atoms with E-state index < -0.39 is 30.5 Å². The van der Waals surface area contributed by atoms with Crippen molar-refractivity contribution < 1.29 is 48.1 Å². The smallest absolute Gasteiger partial charge is 0.461 e. The number of ether oxygens (including phenoxy) is 4. The normalized spacial score (nSPS) is 16.4. The number of nitrogens with one attached hydrogen (secondary N) is 1. The molecule has 0 saturated carbocycles. The van der Waals surface area contributed by atoms with Crippen LogP contribution in [0.4, 0.5) is 0 Å². The van der Waals surface area contributed by atoms with Crippen molar-refractivity contribution in [2.45, 2.75) is 109 Å². The predicted molar refractivity (Wildman–Crippen MR) is 259 cm³/mol. The summed E-state index contributed by atoms with van der Waals surface area (Å²) in [5.74, 6) is -0.549. The van der Waals surface area contributed by atoms with Gasteiger partial charge in [0.15, 0.2) is 0 Å². The second-order valence-electron chi connectivity index (χ2n) is 18.0. The topological polar surface area (TPSA) is 171 Å². The Morgan fingerprint density at radius 3 is 1.88 bits per heavy atom. The lowest BCUT2D eigenvalue weighted by Crippen LogP contribution is -2.46. The minimum atomic E-state index is -0.774. The molecule has 3 aromatic carbocycles. The third-order valence-corrected chi connectivity index (χ3v) is 11.8. The number of aromatic nitrogens is 2. The molecule has 3 N–H and O–H groups in total. The van der Waals surface area contributed by atoms with Gasteiger partial charge in [0.1, 0.15) is 13.2 Å². The van der Waals surface area contributed by atoms with E-state index >= 15 is 0 Å². The van der Waals surface area contributed by atoms with Crippen LogP contribution in [0.1, 0.15) is 80.1 Å². The maximum atomic E-state index is 12.2. The summed E-state index contributed by atoms with van der Waals surface area (Å²) in [5.41, 5.74) is 5.32. The summed E-state index contributed by atoms with van der Waals surface area (Å²) in [6.45, 7) is 9.90. The molecular weight excluding hydrogens is 863 g/mol. The van der Waals surface area contributed by atoms with Gasteiger partial charge < -0.3 is 43.8 Å². The van der Waals surface area contributed by atoms with E-state index in [0.717, 1.165) is 39.1 Å². The third-order valence-electron chi connectivity index (χ3n) is 11.8. The third kappa shape index (κ3) is 17.6. The number of carbonyl (C=O) groups excluding carboxylic acids is 2. The van der Waals surface area contributed by atoms with Gasteiger partial charge in [-0.3, -0.25) is 24.5 Å². The van der Waals surface area contributed by atoms with E-state index in [1.807, 2.05) is 115 Å². The van der Waals surface area contributed by atoms with Gasteiger partial charge >= 0.3 is 19.1 Å². The predicted octanol–water partition coefficient (Wildman–Crippen LogP) is 5.89. The lowest BCUT2D eigenvalue weighted by Gasteiger charge is -2.36. The summed E-state index contributed by atoms with van der Waals surface area (Å²) < 4.78 is 35.3. The summed E-state index contributed by atoms with van der Waals surface area (Å²) >= 11 is 0. The van der Waals surface area contributed by atoms with E-state index in [2.05, 4.69) is 42.0 Å². The minimum absolute atomic E-state index is 0.122. The summed E-state index contributed by atoms with van der Waals surface area (Å²) in [6, 6.07) is 37.1. The lowest BCUT2D eigenvalue weighted by atomic mass is 9.79. The number of esters is 2. The van der Waals surface area contributed by atoms with Gasteiger partial charge in [-0.15, -0.1) is 0 Å². The largest absolute Gasteiger partial charge is 0.494 e. The van der Waals surface area contributed by atoms with Crippen molar-refractivity contribution in [3.05, 3.63) is 161 Å². The molecule has 15 heteroatoms. The van der Waals surface area contributed by atoms with E-state index in [1.54, 1.807) is 6.20 Å². The van der Waals surface area contributed by atoms with Gasteiger partial charge in [0, 0.05) is 77.6 Å². The lowest BCUT2D eigenvalue weighted by molar-refractivity contribution is -0.146. The van der Waals surface area contributed by atoms with Crippen molar-refractivity contribution in [3.8, 4) is 0 Å². The zero-order valence-corrected chi connectivity index (χ0v) is 39.7. The van der Waals surface area contributed by atoms with Crippen molar-refractivity contribution in [3.63, 3.8) is 0 Å². The molecule has 5 aromatic rings. The highest BCUT2D eigenvalue weighted by atomic mass is 16.7. The molecule has 6 rings (SSSR count). The number of hydrogen-bond donors (Lipinski definition) is 3. The first kappa shape index (κ1) is 52.0. The van der Waals surface area contributed by atoms with Gasteiger partial charge in [-0.05, 0) is 85.6 Å². The quantitative estimate of drug-likeness (QED) is 0.0295. The average molecular weight is 931 g/mol. The maximum Gasteiger partial charge on any atom is 0.494 e. The van der Waals surface area contributed by atoms with E-state index in [4.69, 9.17) is 33.2 Å². The second-order valence-corrected chi connectivity index (χ2v) is 18.0. The molecule has 68 heavy (non-hydrogen) atoms. The molecule has 0 radical (unpaired) electrons. The van der Waals surface area contributed by atoms with E-state index in [0.29, 0.717) is 65.2 Å². The highest BCUT2D eigenvalue weighted by Gasteiger charge is 2.54. The highest BCUT2D eigenvalue weighted by molar-refractivity contribution is 6.62. The average Bonchev–Trinajstić information content (AvgIpc) is 3.57. The molecule has 0 amide bonds. The molecule has 0 bridgehead atoms. The van der Waals surface area contributed by atoms with Crippen LogP contribution in [0.2, 0.25) is 0 Å². The second kappa shape index (κ2) is 27.0. The molecule has 0 aliphatic carbocycles. The molecule has 3 atom stereocenters. The Hall–Kier alpha value is -5.36. The molecule has 14 nitrogen and oxygen atoms in total. The van der Waals surface area contributed by atoms with E-state index in [-0.39, 0.29) is 51.2 Å². The fourth-order valence-electron chi connectivity index (χ4n) is 7.72. The molecule has 2 aromatic heterocycles. The summed E-state index contributed by atoms with van der Waals surface area (Å²) in [4.78, 5) is 35.5. The molecular formula is C53H67BN4O10. The van der Waals surface area contributed by atoms with Crippen molar-refractivity contribution in [2.24, 2.45) is 0 Å². The summed E-state index contributed by atoms with van der Waals surface area (Å²) in [7, 11) is -0.561. The van der Waals surface area contributed by atoms with Crippen LogP contribution in [0, 0.1) is 0 Å². The number of aliphatic hydroxyl groups excluding tert-OH is 2. The Labute approximate surface area is 401 Å². The van der Waals surface area contributed by atoms with Crippen molar-refractivity contribution in [1.82, 2.24) is 20.2 Å². The fourth-order valence-corrected chi connectivity index (χ4v) is 7.72. The van der Waals surface area contributed by atoms with Gasteiger partial charge in [0.05, 0.1) is 48.0 Å². The van der Waals surface area contributed by atoms with Gasteiger partial charge in [-0.25, -0.2) is 0 Å². The zero-order valence-electron chi connectivity index (χ0n) is 39.7. The molecule has 3 heterocycles. The Morgan fingerprint density at radius 1 is 0.676 bits per heavy atom. The molecule has 0 spiro atoms. The number of pyridine rings is 2. The zero-order chi connectivity index (χ0) is 48.0. The van der Waals surface area contributed by atoms with E-state index in [9.17, 15) is 19.8 Å². The molecule has 3 unspecified atom stereocenters. The van der Waals surface area contributed by atoms with Crippen LogP contribution in [-0.4, -0.2) is 107 Å². The number of nitrogens with zero attached hydrogens (tertiary/aromatic N) is 3.